The maximum atomic E-state index is 14.7. The largest absolute Gasteiger partial charge is 0.379 e. The number of ether oxygens (including phenoxy) is 1. The lowest BCUT2D eigenvalue weighted by Crippen LogP contribution is -2.36. The molecule has 1 fully saturated rings. The molecule has 0 saturated carbocycles. The highest BCUT2D eigenvalue weighted by Crippen LogP contribution is 2.43. The van der Waals surface area contributed by atoms with Crippen LogP contribution in [0.25, 0.3) is 10.9 Å². The second-order valence-corrected chi connectivity index (χ2v) is 7.52. The summed E-state index contributed by atoms with van der Waals surface area (Å²) in [6.45, 7) is 5.63. The summed E-state index contributed by atoms with van der Waals surface area (Å²) in [6, 6.07) is -0.112. The van der Waals surface area contributed by atoms with Gasteiger partial charge in [-0.15, -0.1) is 6.58 Å². The highest BCUT2D eigenvalue weighted by molar-refractivity contribution is 9.11. The Kier molecular flexibility index (Phi) is 5.66. The summed E-state index contributed by atoms with van der Waals surface area (Å²) in [5.41, 5.74) is 0.0983. The van der Waals surface area contributed by atoms with Gasteiger partial charge in [-0.2, -0.15) is 4.98 Å². The molecule has 0 radical (unpaired) electrons. The summed E-state index contributed by atoms with van der Waals surface area (Å²) >= 11 is 18.9. The van der Waals surface area contributed by atoms with Gasteiger partial charge < -0.3 is 9.64 Å². The van der Waals surface area contributed by atoms with Crippen molar-refractivity contribution in [2.75, 3.05) is 24.7 Å². The van der Waals surface area contributed by atoms with Gasteiger partial charge in [0.25, 0.3) is 0 Å². The van der Waals surface area contributed by atoms with Crippen LogP contribution >= 0.6 is 55.1 Å². The van der Waals surface area contributed by atoms with Gasteiger partial charge in [0.1, 0.15) is 11.3 Å². The van der Waals surface area contributed by atoms with Gasteiger partial charge in [-0.3, -0.25) is 0 Å². The molecule has 2 heterocycles. The highest BCUT2D eigenvalue weighted by Gasteiger charge is 2.27. The Hall–Kier alpha value is -0.470. The third kappa shape index (κ3) is 3.17. The fraction of sp³-hybridized carbons (Fsp3) is 0.333. The number of anilines is 1. The van der Waals surface area contributed by atoms with Gasteiger partial charge in [0.2, 0.25) is 5.28 Å². The predicted molar refractivity (Wildman–Crippen MR) is 102 cm³/mol. The Balaban J connectivity index is 2.33. The van der Waals surface area contributed by atoms with Crippen LogP contribution in [0.1, 0.15) is 6.42 Å². The van der Waals surface area contributed by atoms with Crippen molar-refractivity contribution in [1.29, 1.82) is 0 Å². The van der Waals surface area contributed by atoms with E-state index in [4.69, 9.17) is 27.9 Å². The Labute approximate surface area is 165 Å². The van der Waals surface area contributed by atoms with E-state index in [1.807, 2.05) is 4.90 Å². The first kappa shape index (κ1) is 18.3. The Morgan fingerprint density at radius 3 is 2.75 bits per heavy atom. The molecule has 24 heavy (non-hydrogen) atoms. The van der Waals surface area contributed by atoms with Crippen LogP contribution in [0.3, 0.4) is 0 Å². The SMILES string of the molecule is C=C[C@@H]1COCCCN1c1nc(Cl)nc2c(F)c(Br)c(Cl)c(Br)c12. The standard InChI is InChI=1S/C15H12Br2Cl2FN3O/c1-2-7-6-24-5-3-4-23(7)14-8-9(16)11(18)10(17)12(20)13(8)21-15(19)22-14/h2,7H,1,3-6H2/t7-/m1/s1. The number of rotatable bonds is 2. The van der Waals surface area contributed by atoms with Crippen LogP contribution in [0, 0.1) is 5.82 Å². The molecule has 9 heteroatoms. The first-order chi connectivity index (χ1) is 11.5. The van der Waals surface area contributed by atoms with E-state index in [0.29, 0.717) is 35.4 Å². The zero-order chi connectivity index (χ0) is 17.4. The molecule has 1 aromatic carbocycles. The lowest BCUT2D eigenvalue weighted by Gasteiger charge is -2.29. The molecule has 4 nitrogen and oxygen atoms in total. The molecule has 2 aromatic rings. The van der Waals surface area contributed by atoms with E-state index in [1.165, 1.54) is 0 Å². The van der Waals surface area contributed by atoms with Gasteiger partial charge in [-0.05, 0) is 49.9 Å². The first-order valence-electron chi connectivity index (χ1n) is 7.11. The molecule has 3 rings (SSSR count). The number of benzene rings is 1. The summed E-state index contributed by atoms with van der Waals surface area (Å²) in [5.74, 6) is -0.0782. The van der Waals surface area contributed by atoms with Crippen molar-refractivity contribution < 1.29 is 9.13 Å². The van der Waals surface area contributed by atoms with Gasteiger partial charge in [-0.1, -0.05) is 17.7 Å². The number of hydrogen-bond donors (Lipinski definition) is 0. The fourth-order valence-corrected chi connectivity index (χ4v) is 4.21. The number of nitrogens with zero attached hydrogens (tertiary/aromatic N) is 3. The molecule has 1 saturated heterocycles. The fourth-order valence-electron chi connectivity index (χ4n) is 2.65. The van der Waals surface area contributed by atoms with E-state index < -0.39 is 5.82 Å². The van der Waals surface area contributed by atoms with Crippen LogP contribution in [-0.4, -0.2) is 35.8 Å². The summed E-state index contributed by atoms with van der Waals surface area (Å²) in [5, 5.41) is 0.651. The molecule has 0 spiro atoms. The van der Waals surface area contributed by atoms with Crippen LogP contribution < -0.4 is 4.90 Å². The van der Waals surface area contributed by atoms with E-state index in [1.54, 1.807) is 6.08 Å². The third-order valence-electron chi connectivity index (χ3n) is 3.79. The zero-order valence-corrected chi connectivity index (χ0v) is 17.0. The van der Waals surface area contributed by atoms with Crippen LogP contribution in [0.4, 0.5) is 10.2 Å². The van der Waals surface area contributed by atoms with E-state index in [0.717, 1.165) is 6.42 Å². The second kappa shape index (κ2) is 7.41. The van der Waals surface area contributed by atoms with E-state index >= 15 is 0 Å². The first-order valence-corrected chi connectivity index (χ1v) is 9.46. The number of halogens is 5. The monoisotopic (exact) mass is 497 g/mol. The average molecular weight is 500 g/mol. The third-order valence-corrected chi connectivity index (χ3v) is 6.33. The van der Waals surface area contributed by atoms with Crippen molar-refractivity contribution >= 4 is 71.8 Å². The molecule has 0 bridgehead atoms. The molecule has 1 atom stereocenters. The molecule has 1 aliphatic heterocycles. The lowest BCUT2D eigenvalue weighted by molar-refractivity contribution is 0.142. The van der Waals surface area contributed by atoms with Crippen LogP contribution in [-0.2, 0) is 4.74 Å². The Morgan fingerprint density at radius 1 is 1.29 bits per heavy atom. The van der Waals surface area contributed by atoms with Gasteiger partial charge in [-0.25, -0.2) is 9.37 Å². The van der Waals surface area contributed by atoms with Crippen LogP contribution in [0.2, 0.25) is 10.3 Å². The summed E-state index contributed by atoms with van der Waals surface area (Å²) in [4.78, 5) is 10.4. The molecule has 0 aliphatic carbocycles. The van der Waals surface area contributed by atoms with Crippen molar-refractivity contribution in [1.82, 2.24) is 9.97 Å². The maximum Gasteiger partial charge on any atom is 0.225 e. The van der Waals surface area contributed by atoms with Gasteiger partial charge >= 0.3 is 0 Å². The number of aromatic nitrogens is 2. The number of fused-ring (bicyclic) bond motifs is 1. The molecule has 0 N–H and O–H groups in total. The van der Waals surface area contributed by atoms with E-state index in [-0.39, 0.29) is 26.3 Å². The second-order valence-electron chi connectivity index (χ2n) is 5.22. The van der Waals surface area contributed by atoms with Gasteiger partial charge in [0.05, 0.1) is 32.0 Å². The van der Waals surface area contributed by atoms with Crippen molar-refractivity contribution in [2.24, 2.45) is 0 Å². The summed E-state index contributed by atoms with van der Waals surface area (Å²) in [7, 11) is 0. The van der Waals surface area contributed by atoms with Gasteiger partial charge in [0, 0.05) is 13.2 Å². The summed E-state index contributed by atoms with van der Waals surface area (Å²) in [6.07, 6.45) is 2.58. The topological polar surface area (TPSA) is 38.2 Å². The average Bonchev–Trinajstić information content (AvgIpc) is 2.82. The molecule has 1 aliphatic rings. The Bertz CT molecular complexity index is 821. The van der Waals surface area contributed by atoms with E-state index in [2.05, 4.69) is 48.4 Å². The normalized spacial score (nSPS) is 18.7. The molecule has 1 aromatic heterocycles. The maximum absolute atomic E-state index is 14.7. The molecule has 0 amide bonds. The van der Waals surface area contributed by atoms with E-state index in [9.17, 15) is 4.39 Å². The number of hydrogen-bond acceptors (Lipinski definition) is 4. The van der Waals surface area contributed by atoms with Crippen LogP contribution in [0.15, 0.2) is 21.6 Å². The van der Waals surface area contributed by atoms with Crippen molar-refractivity contribution in [3.05, 3.63) is 37.7 Å². The molecular weight excluding hydrogens is 488 g/mol. The predicted octanol–water partition coefficient (Wildman–Crippen LogP) is 5.38. The molecule has 0 unspecified atom stereocenters. The van der Waals surface area contributed by atoms with Crippen molar-refractivity contribution in [2.45, 2.75) is 12.5 Å². The zero-order valence-electron chi connectivity index (χ0n) is 12.3. The highest BCUT2D eigenvalue weighted by atomic mass is 79.9. The minimum atomic E-state index is -0.579. The minimum Gasteiger partial charge on any atom is -0.379 e. The molecule has 128 valence electrons. The van der Waals surface area contributed by atoms with Crippen molar-refractivity contribution in [3.63, 3.8) is 0 Å². The summed E-state index contributed by atoms with van der Waals surface area (Å²) < 4.78 is 20.9. The Morgan fingerprint density at radius 2 is 2.04 bits per heavy atom. The quantitative estimate of drug-likeness (QED) is 0.240. The smallest absolute Gasteiger partial charge is 0.225 e. The minimum absolute atomic E-state index is 0.0366. The van der Waals surface area contributed by atoms with Crippen molar-refractivity contribution in [3.8, 4) is 0 Å². The lowest BCUT2D eigenvalue weighted by atomic mass is 10.1. The van der Waals surface area contributed by atoms with Crippen LogP contribution in [0.5, 0.6) is 0 Å². The molecular formula is C15H12Br2Cl2FN3O. The van der Waals surface area contributed by atoms with Gasteiger partial charge in [0.15, 0.2) is 5.82 Å².